The van der Waals surface area contributed by atoms with Crippen LogP contribution in [-0.4, -0.2) is 42.2 Å². The Morgan fingerprint density at radius 2 is 2.10 bits per heavy atom. The quantitative estimate of drug-likeness (QED) is 0.632. The van der Waals surface area contributed by atoms with Gasteiger partial charge in [0.15, 0.2) is 0 Å². The van der Waals surface area contributed by atoms with Crippen molar-refractivity contribution in [3.63, 3.8) is 0 Å². The number of nitrogens with zero attached hydrogens (tertiary/aromatic N) is 2. The third-order valence-electron chi connectivity index (χ3n) is 5.58. The van der Waals surface area contributed by atoms with Crippen LogP contribution in [0, 0.1) is 0 Å². The number of benzene rings is 1. The summed E-state index contributed by atoms with van der Waals surface area (Å²) in [5.41, 5.74) is 1.40. The van der Waals surface area contributed by atoms with Crippen LogP contribution < -0.4 is 10.2 Å². The summed E-state index contributed by atoms with van der Waals surface area (Å²) in [6.45, 7) is 5.12. The molecule has 2 amide bonds. The zero-order valence-corrected chi connectivity index (χ0v) is 17.7. The zero-order chi connectivity index (χ0) is 20.6. The van der Waals surface area contributed by atoms with Gasteiger partial charge in [0.05, 0.1) is 13.2 Å². The summed E-state index contributed by atoms with van der Waals surface area (Å²) in [7, 11) is 1.60. The predicted octanol–water partition coefficient (Wildman–Crippen LogP) is 3.45. The molecule has 0 aliphatic carbocycles. The van der Waals surface area contributed by atoms with Gasteiger partial charge < -0.3 is 14.6 Å². The number of rotatable bonds is 6. The minimum atomic E-state index is -1.06. The van der Waals surface area contributed by atoms with Crippen LogP contribution in [-0.2, 0) is 22.5 Å². The van der Waals surface area contributed by atoms with Gasteiger partial charge in [0.2, 0.25) is 5.91 Å². The van der Waals surface area contributed by atoms with E-state index < -0.39 is 5.54 Å². The van der Waals surface area contributed by atoms with Crippen LogP contribution in [0.5, 0.6) is 0 Å². The maximum Gasteiger partial charge on any atom is 0.275 e. The molecule has 7 heteroatoms. The van der Waals surface area contributed by atoms with E-state index in [1.54, 1.807) is 23.3 Å². The number of nitrogens with one attached hydrogen (secondary N) is 1. The molecule has 1 aliphatic heterocycles. The smallest absolute Gasteiger partial charge is 0.275 e. The number of aryl methyl sites for hydroxylation is 1. The van der Waals surface area contributed by atoms with E-state index in [0.717, 1.165) is 27.9 Å². The van der Waals surface area contributed by atoms with Gasteiger partial charge in [0.25, 0.3) is 5.91 Å². The highest BCUT2D eigenvalue weighted by Crippen LogP contribution is 2.38. The summed E-state index contributed by atoms with van der Waals surface area (Å²) in [5, 5.41) is 5.99. The molecule has 1 aromatic carbocycles. The summed E-state index contributed by atoms with van der Waals surface area (Å²) >= 11 is 1.59. The van der Waals surface area contributed by atoms with E-state index in [-0.39, 0.29) is 11.8 Å². The summed E-state index contributed by atoms with van der Waals surface area (Å²) in [5.74, 6) is -0.331. The Kier molecular flexibility index (Phi) is 5.19. The molecule has 3 heterocycles. The Bertz CT molecular complexity index is 1070. The van der Waals surface area contributed by atoms with Crippen LogP contribution >= 0.6 is 11.3 Å². The predicted molar refractivity (Wildman–Crippen MR) is 116 cm³/mol. The summed E-state index contributed by atoms with van der Waals surface area (Å²) < 4.78 is 7.06. The minimum Gasteiger partial charge on any atom is -0.383 e. The van der Waals surface area contributed by atoms with Gasteiger partial charge in [-0.1, -0.05) is 25.1 Å². The number of fused-ring (bicyclic) bond motifs is 3. The van der Waals surface area contributed by atoms with Gasteiger partial charge in [-0.15, -0.1) is 11.3 Å². The largest absolute Gasteiger partial charge is 0.383 e. The van der Waals surface area contributed by atoms with Gasteiger partial charge in [-0.3, -0.25) is 14.5 Å². The SMILES string of the molecule is CCc1ccccc1N1C(=O)c2cc3ccsc3n2CC1(C)C(=O)NCCOC. The lowest BCUT2D eigenvalue weighted by atomic mass is 9.92. The monoisotopic (exact) mass is 411 g/mol. The first-order valence-electron chi connectivity index (χ1n) is 9.77. The van der Waals surface area contributed by atoms with Crippen LogP contribution in [0.4, 0.5) is 5.69 Å². The number of carbonyl (C=O) groups excluding carboxylic acids is 2. The van der Waals surface area contributed by atoms with Crippen molar-refractivity contribution in [3.8, 4) is 0 Å². The van der Waals surface area contributed by atoms with Crippen molar-refractivity contribution in [3.05, 3.63) is 53.0 Å². The fourth-order valence-corrected chi connectivity index (χ4v) is 4.96. The topological polar surface area (TPSA) is 63.6 Å². The van der Waals surface area contributed by atoms with Crippen molar-refractivity contribution in [2.45, 2.75) is 32.4 Å². The number of para-hydroxylation sites is 1. The van der Waals surface area contributed by atoms with Crippen molar-refractivity contribution < 1.29 is 14.3 Å². The molecular formula is C22H25N3O3S. The molecule has 29 heavy (non-hydrogen) atoms. The van der Waals surface area contributed by atoms with E-state index in [9.17, 15) is 9.59 Å². The fourth-order valence-electron chi connectivity index (χ4n) is 4.06. The van der Waals surface area contributed by atoms with Gasteiger partial charge in [-0.05, 0) is 42.5 Å². The highest BCUT2D eigenvalue weighted by molar-refractivity contribution is 7.16. The molecule has 1 atom stereocenters. The lowest BCUT2D eigenvalue weighted by Crippen LogP contribution is -2.64. The molecule has 0 fully saturated rings. The summed E-state index contributed by atoms with van der Waals surface area (Å²) in [6, 6.07) is 11.8. The van der Waals surface area contributed by atoms with Gasteiger partial charge in [-0.2, -0.15) is 0 Å². The maximum absolute atomic E-state index is 13.7. The highest BCUT2D eigenvalue weighted by atomic mass is 32.1. The number of methoxy groups -OCH3 is 1. The van der Waals surface area contributed by atoms with E-state index in [0.29, 0.717) is 25.4 Å². The van der Waals surface area contributed by atoms with E-state index in [2.05, 4.69) is 12.2 Å². The van der Waals surface area contributed by atoms with Crippen molar-refractivity contribution in [2.75, 3.05) is 25.2 Å². The van der Waals surface area contributed by atoms with Crippen molar-refractivity contribution >= 4 is 39.1 Å². The highest BCUT2D eigenvalue weighted by Gasteiger charge is 2.49. The number of hydrogen-bond acceptors (Lipinski definition) is 4. The second-order valence-electron chi connectivity index (χ2n) is 7.44. The normalized spacial score (nSPS) is 18.9. The zero-order valence-electron chi connectivity index (χ0n) is 16.9. The Morgan fingerprint density at radius 3 is 2.86 bits per heavy atom. The minimum absolute atomic E-state index is 0.148. The first-order chi connectivity index (χ1) is 14.0. The molecule has 0 saturated heterocycles. The summed E-state index contributed by atoms with van der Waals surface area (Å²) in [6.07, 6.45) is 0.775. The van der Waals surface area contributed by atoms with Crippen molar-refractivity contribution in [1.29, 1.82) is 0 Å². The first-order valence-corrected chi connectivity index (χ1v) is 10.7. The second-order valence-corrected chi connectivity index (χ2v) is 8.34. The van der Waals surface area contributed by atoms with Gasteiger partial charge in [0.1, 0.15) is 16.1 Å². The van der Waals surface area contributed by atoms with Gasteiger partial charge >= 0.3 is 0 Å². The Labute approximate surface area is 174 Å². The number of ether oxygens (including phenoxy) is 1. The third kappa shape index (κ3) is 3.14. The average molecular weight is 412 g/mol. The standard InChI is InChI=1S/C22H25N3O3S/c1-4-15-7-5-6-8-17(15)25-19(26)18-13-16-9-12-29-20(16)24(18)14-22(25,2)21(27)23-10-11-28-3/h5-9,12-13H,4,10-11,14H2,1-3H3,(H,23,27). The molecule has 2 aromatic heterocycles. The van der Waals surface area contributed by atoms with E-state index in [1.165, 1.54) is 0 Å². The molecule has 0 radical (unpaired) electrons. The van der Waals surface area contributed by atoms with E-state index in [4.69, 9.17) is 4.74 Å². The lowest BCUT2D eigenvalue weighted by Gasteiger charge is -2.44. The molecule has 3 aromatic rings. The molecule has 152 valence electrons. The van der Waals surface area contributed by atoms with Crippen LogP contribution in [0.3, 0.4) is 0 Å². The molecule has 1 aliphatic rings. The first kappa shape index (κ1) is 19.7. The number of amides is 2. The van der Waals surface area contributed by atoms with Crippen LogP contribution in [0.15, 0.2) is 41.8 Å². The molecule has 4 rings (SSSR count). The molecule has 0 saturated carbocycles. The van der Waals surface area contributed by atoms with E-state index in [1.807, 2.05) is 53.3 Å². The van der Waals surface area contributed by atoms with Crippen LogP contribution in [0.1, 0.15) is 29.9 Å². The van der Waals surface area contributed by atoms with Crippen molar-refractivity contribution in [2.24, 2.45) is 0 Å². The van der Waals surface area contributed by atoms with Crippen LogP contribution in [0.2, 0.25) is 0 Å². The van der Waals surface area contributed by atoms with Gasteiger partial charge in [0, 0.05) is 24.7 Å². The number of hydrogen-bond donors (Lipinski definition) is 1. The Morgan fingerprint density at radius 1 is 1.31 bits per heavy atom. The summed E-state index contributed by atoms with van der Waals surface area (Å²) in [4.78, 5) is 29.8. The molecule has 0 spiro atoms. The Hall–Kier alpha value is -2.64. The Balaban J connectivity index is 1.86. The molecule has 6 nitrogen and oxygen atoms in total. The number of aromatic nitrogens is 1. The molecule has 1 N–H and O–H groups in total. The second kappa shape index (κ2) is 7.65. The van der Waals surface area contributed by atoms with Crippen LogP contribution in [0.25, 0.3) is 10.2 Å². The van der Waals surface area contributed by atoms with E-state index >= 15 is 0 Å². The number of anilines is 1. The van der Waals surface area contributed by atoms with Gasteiger partial charge in [-0.25, -0.2) is 0 Å². The number of carbonyl (C=O) groups is 2. The van der Waals surface area contributed by atoms with Crippen molar-refractivity contribution in [1.82, 2.24) is 9.88 Å². The third-order valence-corrected chi connectivity index (χ3v) is 6.53. The number of thiophene rings is 1. The molecular weight excluding hydrogens is 386 g/mol. The maximum atomic E-state index is 13.7. The average Bonchev–Trinajstić information content (AvgIpc) is 3.31. The fraction of sp³-hybridized carbons (Fsp3) is 0.364. The molecule has 0 bridgehead atoms. The molecule has 1 unspecified atom stereocenters. The lowest BCUT2D eigenvalue weighted by molar-refractivity contribution is -0.126.